The third-order valence-corrected chi connectivity index (χ3v) is 26.1. The molecule has 10 heteroatoms. The third kappa shape index (κ3) is 14.1. The summed E-state index contributed by atoms with van der Waals surface area (Å²) >= 11 is 0. The lowest BCUT2D eigenvalue weighted by atomic mass is 10.0. The van der Waals surface area contributed by atoms with Crippen molar-refractivity contribution in [3.63, 3.8) is 0 Å². The van der Waals surface area contributed by atoms with E-state index in [-0.39, 0.29) is 0 Å². The van der Waals surface area contributed by atoms with E-state index in [4.69, 9.17) is 21.7 Å². The van der Waals surface area contributed by atoms with Crippen LogP contribution >= 0.6 is 0 Å². The van der Waals surface area contributed by atoms with Gasteiger partial charge in [0, 0.05) is 0 Å². The number of hydrogen-bond donors (Lipinski definition) is 0. The Labute approximate surface area is 263 Å². The van der Waals surface area contributed by atoms with Crippen molar-refractivity contribution in [3.05, 3.63) is 59.7 Å². The van der Waals surface area contributed by atoms with Crippen molar-refractivity contribution < 1.29 is 16.5 Å². The molecule has 0 N–H and O–H groups in total. The minimum absolute atomic E-state index is 0.679. The molecule has 0 unspecified atom stereocenters. The summed E-state index contributed by atoms with van der Waals surface area (Å²) in [6.45, 7) is 24.6. The maximum Gasteiger partial charge on any atom is 0.314 e. The molecule has 0 aliphatic carbocycles. The van der Waals surface area contributed by atoms with Gasteiger partial charge in [0.05, 0.1) is 11.6 Å². The Hall–Kier alpha value is -1.15. The highest BCUT2D eigenvalue weighted by Gasteiger charge is 2.45. The molecule has 0 spiro atoms. The Morgan fingerprint density at radius 3 is 1.48 bits per heavy atom. The zero-order valence-electron chi connectivity index (χ0n) is 28.4. The van der Waals surface area contributed by atoms with Crippen molar-refractivity contribution in [1.29, 1.82) is 5.26 Å². The molecule has 234 valence electrons. The maximum absolute atomic E-state index is 9.06. The van der Waals surface area contributed by atoms with Gasteiger partial charge < -0.3 is 16.5 Å². The summed E-state index contributed by atoms with van der Waals surface area (Å²) in [5.41, 5.74) is 4.23. The van der Waals surface area contributed by atoms with Crippen LogP contribution in [0.2, 0.25) is 71.5 Å². The number of unbranched alkanes of at least 4 members (excludes halogenated alkanes) is 5. The molecular formula is C32H57NO4Si5. The molecule has 0 heterocycles. The molecule has 0 aliphatic rings. The van der Waals surface area contributed by atoms with Gasteiger partial charge in [-0.05, 0) is 106 Å². The van der Waals surface area contributed by atoms with Gasteiger partial charge in [0.1, 0.15) is 0 Å². The van der Waals surface area contributed by atoms with Crippen LogP contribution in [0.25, 0.3) is 11.1 Å². The first-order valence-corrected chi connectivity index (χ1v) is 30.4. The molecule has 2 aromatic rings. The fourth-order valence-corrected chi connectivity index (χ4v) is 30.8. The molecule has 0 aliphatic heterocycles. The van der Waals surface area contributed by atoms with Crippen LogP contribution in [0.1, 0.15) is 56.6 Å². The Balaban J connectivity index is 1.93. The zero-order chi connectivity index (χ0) is 31.7. The van der Waals surface area contributed by atoms with E-state index in [2.05, 4.69) is 103 Å². The molecule has 0 saturated carbocycles. The third-order valence-electron chi connectivity index (χ3n) is 7.09. The predicted octanol–water partition coefficient (Wildman–Crippen LogP) is 10.2. The first-order valence-electron chi connectivity index (χ1n) is 15.8. The predicted molar refractivity (Wildman–Crippen MR) is 190 cm³/mol. The highest BCUT2D eigenvalue weighted by Crippen LogP contribution is 2.29. The fourth-order valence-electron chi connectivity index (χ4n) is 6.04. The van der Waals surface area contributed by atoms with Crippen molar-refractivity contribution in [3.8, 4) is 17.2 Å². The number of nitrogens with zero attached hydrogens (tertiary/aromatic N) is 1. The lowest BCUT2D eigenvalue weighted by molar-refractivity contribution is 0.298. The van der Waals surface area contributed by atoms with Crippen LogP contribution in [0.3, 0.4) is 0 Å². The zero-order valence-corrected chi connectivity index (χ0v) is 33.4. The van der Waals surface area contributed by atoms with E-state index in [1.54, 1.807) is 0 Å². The normalized spacial score (nSPS) is 13.3. The second kappa shape index (κ2) is 15.7. The molecule has 42 heavy (non-hydrogen) atoms. The largest absolute Gasteiger partial charge is 0.436 e. The van der Waals surface area contributed by atoms with Gasteiger partial charge >= 0.3 is 25.7 Å². The molecule has 2 aromatic carbocycles. The number of hydrogen-bond acceptors (Lipinski definition) is 5. The smallest absolute Gasteiger partial charge is 0.314 e. The average Bonchev–Trinajstić information content (AvgIpc) is 2.83. The van der Waals surface area contributed by atoms with Crippen molar-refractivity contribution in [2.75, 3.05) is 0 Å². The minimum Gasteiger partial charge on any atom is -0.436 e. The summed E-state index contributed by atoms with van der Waals surface area (Å²) in [6.07, 6.45) is 7.91. The summed E-state index contributed by atoms with van der Waals surface area (Å²) in [5, 5.41) is 9.06. The molecule has 5 nitrogen and oxygen atoms in total. The summed E-state index contributed by atoms with van der Waals surface area (Å²) in [7, 11) is -11.1. The molecule has 0 radical (unpaired) electrons. The van der Waals surface area contributed by atoms with Gasteiger partial charge in [0.15, 0.2) is 16.6 Å². The molecule has 0 aromatic heterocycles. The minimum atomic E-state index is -2.47. The van der Waals surface area contributed by atoms with E-state index in [0.717, 1.165) is 17.2 Å². The average molecular weight is 660 g/mol. The van der Waals surface area contributed by atoms with Crippen LogP contribution in [-0.2, 0) is 22.5 Å². The number of benzene rings is 2. The van der Waals surface area contributed by atoms with Crippen LogP contribution in [0.15, 0.2) is 48.5 Å². The number of nitriles is 1. The second-order valence-electron chi connectivity index (χ2n) is 14.2. The van der Waals surface area contributed by atoms with E-state index in [1.165, 1.54) is 50.1 Å². The highest BCUT2D eigenvalue weighted by molar-refractivity contribution is 6.90. The van der Waals surface area contributed by atoms with Crippen LogP contribution in [0.4, 0.5) is 0 Å². The fraction of sp³-hybridized carbons (Fsp3) is 0.594. The van der Waals surface area contributed by atoms with Crippen LogP contribution in [-0.4, -0.2) is 42.3 Å². The van der Waals surface area contributed by atoms with Gasteiger partial charge in [-0.2, -0.15) is 5.26 Å². The first kappa shape index (κ1) is 37.0. The summed E-state index contributed by atoms with van der Waals surface area (Å²) in [5.74, 6) is 0. The van der Waals surface area contributed by atoms with Gasteiger partial charge in [-0.3, -0.25) is 0 Å². The molecule has 2 rings (SSSR count). The van der Waals surface area contributed by atoms with Crippen LogP contribution in [0, 0.1) is 11.3 Å². The molecule has 0 amide bonds. The maximum atomic E-state index is 9.06. The summed E-state index contributed by atoms with van der Waals surface area (Å²) in [4.78, 5) is 0. The van der Waals surface area contributed by atoms with Crippen LogP contribution < -0.4 is 0 Å². The van der Waals surface area contributed by atoms with Gasteiger partial charge in [-0.1, -0.05) is 81.8 Å². The molecule has 0 bridgehead atoms. The van der Waals surface area contributed by atoms with Crippen LogP contribution in [0.5, 0.6) is 0 Å². The first-order chi connectivity index (χ1) is 19.4. The quantitative estimate of drug-likeness (QED) is 0.118. The molecule has 0 atom stereocenters. The SMILES string of the molecule is CCCCCCCC[Si](C)(C)O[Si](C)(C)O[Si](C)(C)O[Si](C)(C)O[Si](C)(C)Cc1ccc(-c2ccc(C#N)cc2)cc1. The van der Waals surface area contributed by atoms with Gasteiger partial charge in [-0.15, -0.1) is 0 Å². The van der Waals surface area contributed by atoms with Crippen molar-refractivity contribution in [2.24, 2.45) is 0 Å². The standard InChI is InChI=1S/C32H57NO4Si5/c1-12-13-14-15-16-17-26-38(2,3)34-40(6,7)36-42(10,11)37-41(8,9)35-39(4,5)28-30-20-24-32(25-21-30)31-22-18-29(27-33)19-23-31/h18-25H,12-17,26,28H2,1-11H3. The number of rotatable bonds is 18. The summed E-state index contributed by atoms with van der Waals surface area (Å²) in [6, 6.07) is 20.8. The Kier molecular flexibility index (Phi) is 13.9. The van der Waals surface area contributed by atoms with E-state index in [9.17, 15) is 0 Å². The Morgan fingerprint density at radius 2 is 0.976 bits per heavy atom. The molecule has 0 fully saturated rings. The van der Waals surface area contributed by atoms with E-state index in [0.29, 0.717) is 5.56 Å². The summed E-state index contributed by atoms with van der Waals surface area (Å²) < 4.78 is 27.3. The lowest BCUT2D eigenvalue weighted by Crippen LogP contribution is -2.58. The van der Waals surface area contributed by atoms with Crippen molar-refractivity contribution in [1.82, 2.24) is 0 Å². The van der Waals surface area contributed by atoms with E-state index in [1.807, 2.05) is 24.3 Å². The topological polar surface area (TPSA) is 60.7 Å². The van der Waals surface area contributed by atoms with E-state index >= 15 is 0 Å². The second-order valence-corrected chi connectivity index (χ2v) is 33.8. The lowest BCUT2D eigenvalue weighted by Gasteiger charge is -2.42. The molecular weight excluding hydrogens is 603 g/mol. The Bertz CT molecular complexity index is 1140. The van der Waals surface area contributed by atoms with Gasteiger partial charge in [0.2, 0.25) is 0 Å². The Morgan fingerprint density at radius 1 is 0.548 bits per heavy atom. The monoisotopic (exact) mass is 659 g/mol. The van der Waals surface area contributed by atoms with Gasteiger partial charge in [0.25, 0.3) is 0 Å². The van der Waals surface area contributed by atoms with Gasteiger partial charge in [-0.25, -0.2) is 0 Å². The molecule has 0 saturated heterocycles. The highest BCUT2D eigenvalue weighted by atomic mass is 28.5. The van der Waals surface area contributed by atoms with E-state index < -0.39 is 42.3 Å². The van der Waals surface area contributed by atoms with Crippen molar-refractivity contribution >= 4 is 42.3 Å². The van der Waals surface area contributed by atoms with Crippen molar-refractivity contribution in [2.45, 2.75) is 123 Å².